The molecule has 180 valence electrons. The molecule has 0 aliphatic carbocycles. The number of likely N-dealkylation sites (N-methyl/N-ethyl adjacent to an activating group) is 1. The van der Waals surface area contributed by atoms with E-state index in [-0.39, 0.29) is 35.4 Å². The Hall–Kier alpha value is -2.40. The molecule has 1 amide bonds. The number of carbonyl (C=O) groups is 1. The first-order valence-electron chi connectivity index (χ1n) is 10.0. The lowest BCUT2D eigenvalue weighted by molar-refractivity contribution is -0.118. The van der Waals surface area contributed by atoms with Crippen LogP contribution in [0.15, 0.2) is 47.4 Å². The van der Waals surface area contributed by atoms with Crippen LogP contribution in [0.4, 0.5) is 5.13 Å². The Balaban J connectivity index is 0.00000385. The van der Waals surface area contributed by atoms with Gasteiger partial charge >= 0.3 is 0 Å². The average Bonchev–Trinajstić information content (AvgIpc) is 3.22. The van der Waals surface area contributed by atoms with E-state index in [9.17, 15) is 13.2 Å². The molecule has 3 rings (SSSR count). The number of aromatic nitrogens is 1. The minimum Gasteiger partial charge on any atom is -0.495 e. The molecule has 33 heavy (non-hydrogen) atoms. The Morgan fingerprint density at radius 1 is 1.00 bits per heavy atom. The van der Waals surface area contributed by atoms with Gasteiger partial charge in [0.1, 0.15) is 21.7 Å². The first-order chi connectivity index (χ1) is 15.3. The fourth-order valence-electron chi connectivity index (χ4n) is 3.12. The van der Waals surface area contributed by atoms with Crippen molar-refractivity contribution in [3.05, 3.63) is 42.5 Å². The van der Waals surface area contributed by atoms with E-state index in [0.717, 1.165) is 4.70 Å². The highest BCUT2D eigenvalue weighted by atomic mass is 35.5. The van der Waals surface area contributed by atoms with Crippen molar-refractivity contribution < 1.29 is 22.7 Å². The summed E-state index contributed by atoms with van der Waals surface area (Å²) in [6, 6.07) is 11.7. The highest BCUT2D eigenvalue weighted by Gasteiger charge is 2.24. The van der Waals surface area contributed by atoms with E-state index >= 15 is 0 Å². The van der Waals surface area contributed by atoms with Crippen LogP contribution in [-0.4, -0.2) is 71.4 Å². The first kappa shape index (κ1) is 26.8. The number of carbonyl (C=O) groups excluding carboxylic acids is 1. The smallest absolute Gasteiger partial charge is 0.229 e. The fourth-order valence-corrected chi connectivity index (χ4v) is 5.49. The van der Waals surface area contributed by atoms with Gasteiger partial charge < -0.3 is 14.4 Å². The molecular formula is C22H28ClN3O5S2. The maximum atomic E-state index is 13.2. The molecule has 0 fully saturated rings. The van der Waals surface area contributed by atoms with E-state index in [4.69, 9.17) is 9.47 Å². The summed E-state index contributed by atoms with van der Waals surface area (Å²) in [6.45, 7) is 0.975. The quantitative estimate of drug-likeness (QED) is 0.410. The summed E-state index contributed by atoms with van der Waals surface area (Å²) < 4.78 is 36.9. The number of sulfone groups is 1. The van der Waals surface area contributed by atoms with Gasteiger partial charge in [0.15, 0.2) is 15.0 Å². The number of ether oxygens (including phenoxy) is 2. The molecule has 0 saturated heterocycles. The second-order valence-corrected chi connectivity index (χ2v) is 10.5. The largest absolute Gasteiger partial charge is 0.495 e. The standard InChI is InChI=1S/C22H27N3O5S2.ClH/c1-24(2)13-14-25(19(26)12-15-32(27,28)16-8-6-5-7-9-16)22-23-20-17(29-3)10-11-18(30-4)21(20)31-22;/h5-11H,12-15H2,1-4H3;1H. The van der Waals surface area contributed by atoms with Gasteiger partial charge in [0.2, 0.25) is 5.91 Å². The van der Waals surface area contributed by atoms with E-state index in [1.54, 1.807) is 49.5 Å². The van der Waals surface area contributed by atoms with Crippen molar-refractivity contribution in [2.45, 2.75) is 11.3 Å². The van der Waals surface area contributed by atoms with E-state index in [2.05, 4.69) is 4.98 Å². The zero-order valence-electron chi connectivity index (χ0n) is 19.0. The zero-order valence-corrected chi connectivity index (χ0v) is 21.4. The number of hydrogen-bond acceptors (Lipinski definition) is 8. The predicted octanol–water partition coefficient (Wildman–Crippen LogP) is 3.49. The molecular weight excluding hydrogens is 486 g/mol. The summed E-state index contributed by atoms with van der Waals surface area (Å²) in [6.07, 6.45) is -0.144. The second kappa shape index (κ2) is 11.6. The molecule has 0 saturated carbocycles. The van der Waals surface area contributed by atoms with Crippen molar-refractivity contribution in [1.29, 1.82) is 0 Å². The summed E-state index contributed by atoms with van der Waals surface area (Å²) in [4.78, 5) is 21.5. The van der Waals surface area contributed by atoms with Gasteiger partial charge in [-0.1, -0.05) is 29.5 Å². The highest BCUT2D eigenvalue weighted by Crippen LogP contribution is 2.40. The summed E-state index contributed by atoms with van der Waals surface area (Å²) in [5, 5.41) is 0.478. The molecule has 0 aliphatic rings. The Morgan fingerprint density at radius 3 is 2.24 bits per heavy atom. The molecule has 2 aromatic carbocycles. The minimum atomic E-state index is -3.56. The van der Waals surface area contributed by atoms with Gasteiger partial charge in [-0.15, -0.1) is 12.4 Å². The Bertz CT molecular complexity index is 1140. The molecule has 1 aromatic heterocycles. The van der Waals surface area contributed by atoms with Crippen LogP contribution < -0.4 is 14.4 Å². The molecule has 3 aromatic rings. The number of anilines is 1. The number of methoxy groups -OCH3 is 2. The lowest BCUT2D eigenvalue weighted by atomic mass is 10.3. The lowest BCUT2D eigenvalue weighted by Gasteiger charge is -2.22. The van der Waals surface area contributed by atoms with E-state index in [1.807, 2.05) is 19.0 Å². The molecule has 0 unspecified atom stereocenters. The third-order valence-corrected chi connectivity index (χ3v) is 7.71. The van der Waals surface area contributed by atoms with Crippen molar-refractivity contribution in [2.24, 2.45) is 0 Å². The number of benzene rings is 2. The summed E-state index contributed by atoms with van der Waals surface area (Å²) in [5.74, 6) is 0.640. The van der Waals surface area contributed by atoms with Crippen LogP contribution in [0.3, 0.4) is 0 Å². The normalized spacial score (nSPS) is 11.3. The fraction of sp³-hybridized carbons (Fsp3) is 0.364. The highest BCUT2D eigenvalue weighted by molar-refractivity contribution is 7.91. The second-order valence-electron chi connectivity index (χ2n) is 7.37. The molecule has 8 nitrogen and oxygen atoms in total. The van der Waals surface area contributed by atoms with Crippen LogP contribution in [0.25, 0.3) is 10.2 Å². The number of hydrogen-bond donors (Lipinski definition) is 0. The third-order valence-electron chi connectivity index (χ3n) is 4.89. The van der Waals surface area contributed by atoms with Gasteiger partial charge in [-0.3, -0.25) is 9.69 Å². The number of fused-ring (bicyclic) bond motifs is 1. The van der Waals surface area contributed by atoms with Crippen molar-refractivity contribution in [2.75, 3.05) is 52.1 Å². The SMILES string of the molecule is COc1ccc(OC)c2sc(N(CCN(C)C)C(=O)CCS(=O)(=O)c3ccccc3)nc12.Cl. The van der Waals surface area contributed by atoms with E-state index < -0.39 is 9.84 Å². The van der Waals surface area contributed by atoms with Gasteiger partial charge in [-0.2, -0.15) is 0 Å². The number of thiazole rings is 1. The Labute approximate surface area is 204 Å². The molecule has 1 heterocycles. The van der Waals surface area contributed by atoms with Gasteiger partial charge in [-0.05, 0) is 38.4 Å². The summed E-state index contributed by atoms with van der Waals surface area (Å²) in [7, 11) is 3.39. The van der Waals surface area contributed by atoms with Gasteiger partial charge in [-0.25, -0.2) is 13.4 Å². The van der Waals surface area contributed by atoms with E-state index in [1.165, 1.54) is 23.5 Å². The van der Waals surface area contributed by atoms with Crippen molar-refractivity contribution in [1.82, 2.24) is 9.88 Å². The maximum absolute atomic E-state index is 13.2. The number of halogens is 1. The molecule has 0 radical (unpaired) electrons. The molecule has 0 bridgehead atoms. The van der Waals surface area contributed by atoms with Crippen LogP contribution in [0.5, 0.6) is 11.5 Å². The summed E-state index contributed by atoms with van der Waals surface area (Å²) >= 11 is 1.32. The molecule has 0 N–H and O–H groups in total. The van der Waals surface area contributed by atoms with Crippen LogP contribution >= 0.6 is 23.7 Å². The molecule has 11 heteroatoms. The zero-order chi connectivity index (χ0) is 23.3. The minimum absolute atomic E-state index is 0. The van der Waals surface area contributed by atoms with Crippen LogP contribution in [-0.2, 0) is 14.6 Å². The topological polar surface area (TPSA) is 89.0 Å². The van der Waals surface area contributed by atoms with Gasteiger partial charge in [0.25, 0.3) is 0 Å². The monoisotopic (exact) mass is 513 g/mol. The third kappa shape index (κ3) is 6.35. The van der Waals surface area contributed by atoms with E-state index in [0.29, 0.717) is 35.2 Å². The molecule has 0 atom stereocenters. The van der Waals surface area contributed by atoms with Crippen LogP contribution in [0.1, 0.15) is 6.42 Å². The Kier molecular flexibility index (Phi) is 9.47. The lowest BCUT2D eigenvalue weighted by Crippen LogP contribution is -2.37. The summed E-state index contributed by atoms with van der Waals surface area (Å²) in [5.41, 5.74) is 0.603. The predicted molar refractivity (Wildman–Crippen MR) is 134 cm³/mol. The van der Waals surface area contributed by atoms with Crippen LogP contribution in [0.2, 0.25) is 0 Å². The van der Waals surface area contributed by atoms with Crippen molar-refractivity contribution in [3.63, 3.8) is 0 Å². The van der Waals surface area contributed by atoms with Crippen LogP contribution in [0, 0.1) is 0 Å². The average molecular weight is 514 g/mol. The molecule has 0 aliphatic heterocycles. The first-order valence-corrected chi connectivity index (χ1v) is 12.5. The number of rotatable bonds is 10. The van der Waals surface area contributed by atoms with Gasteiger partial charge in [0.05, 0.1) is 24.9 Å². The van der Waals surface area contributed by atoms with Gasteiger partial charge in [0, 0.05) is 19.5 Å². The Morgan fingerprint density at radius 2 is 1.64 bits per heavy atom. The number of nitrogens with zero attached hydrogens (tertiary/aromatic N) is 3. The number of amides is 1. The molecule has 0 spiro atoms. The van der Waals surface area contributed by atoms with Crippen molar-refractivity contribution >= 4 is 54.8 Å². The maximum Gasteiger partial charge on any atom is 0.229 e. The van der Waals surface area contributed by atoms with Crippen molar-refractivity contribution in [3.8, 4) is 11.5 Å².